The summed E-state index contributed by atoms with van der Waals surface area (Å²) in [6.07, 6.45) is 8.12. The van der Waals surface area contributed by atoms with Crippen LogP contribution in [0.3, 0.4) is 0 Å². The summed E-state index contributed by atoms with van der Waals surface area (Å²) < 4.78 is 19.5. The van der Waals surface area contributed by atoms with Crippen molar-refractivity contribution in [3.8, 4) is 11.1 Å². The van der Waals surface area contributed by atoms with Gasteiger partial charge < -0.3 is 15.4 Å². The number of nitrogens with zero attached hydrogens (tertiary/aromatic N) is 4. The molecule has 2 aromatic heterocycles. The number of fused-ring (bicyclic) bond motifs is 1. The lowest BCUT2D eigenvalue weighted by Crippen LogP contribution is -2.48. The summed E-state index contributed by atoms with van der Waals surface area (Å²) in [7, 11) is 1.69. The van der Waals surface area contributed by atoms with Crippen molar-refractivity contribution in [2.45, 2.75) is 50.8 Å². The maximum atomic E-state index is 13.8. The quantitative estimate of drug-likeness (QED) is 0.561. The molecule has 1 aliphatic heterocycles. The fraction of sp³-hybridized carbons (Fsp3) is 0.480. The van der Waals surface area contributed by atoms with Crippen LogP contribution in [-0.2, 0) is 4.74 Å². The van der Waals surface area contributed by atoms with Gasteiger partial charge in [-0.1, -0.05) is 6.07 Å². The number of nitrogens with one attached hydrogen (secondary N) is 2. The number of aromatic nitrogens is 3. The molecule has 2 fully saturated rings. The molecule has 1 atom stereocenters. The third-order valence-corrected chi connectivity index (χ3v) is 6.90. The van der Waals surface area contributed by atoms with Crippen molar-refractivity contribution in [3.63, 3.8) is 0 Å². The summed E-state index contributed by atoms with van der Waals surface area (Å²) in [6, 6.07) is 8.85. The number of anilines is 2. The molecule has 174 valence electrons. The number of rotatable bonds is 5. The molecule has 1 aromatic carbocycles. The lowest BCUT2D eigenvalue weighted by atomic mass is 9.89. The first-order valence-electron chi connectivity index (χ1n) is 11.8. The maximum absolute atomic E-state index is 13.8. The van der Waals surface area contributed by atoms with Gasteiger partial charge in [-0.25, -0.2) is 15.0 Å². The Balaban J connectivity index is 1.32. The highest BCUT2D eigenvalue weighted by atomic mass is 19.1. The highest BCUT2D eigenvalue weighted by Crippen LogP contribution is 2.31. The van der Waals surface area contributed by atoms with Crippen LogP contribution in [0.5, 0.6) is 0 Å². The van der Waals surface area contributed by atoms with Crippen molar-refractivity contribution in [3.05, 3.63) is 42.7 Å². The molecule has 8 heteroatoms. The molecule has 0 radical (unpaired) electrons. The van der Waals surface area contributed by atoms with E-state index in [-0.39, 0.29) is 0 Å². The van der Waals surface area contributed by atoms with E-state index in [0.29, 0.717) is 23.9 Å². The Labute approximate surface area is 193 Å². The van der Waals surface area contributed by atoms with E-state index in [1.165, 1.54) is 12.8 Å². The normalized spacial score (nSPS) is 24.0. The Morgan fingerprint density at radius 1 is 1.06 bits per heavy atom. The summed E-state index contributed by atoms with van der Waals surface area (Å²) in [5.74, 6) is 0.351. The molecule has 33 heavy (non-hydrogen) atoms. The van der Waals surface area contributed by atoms with E-state index in [0.717, 1.165) is 60.4 Å². The largest absolute Gasteiger partial charge is 0.384 e. The fourth-order valence-corrected chi connectivity index (χ4v) is 5.09. The minimum absolute atomic E-state index is 0.330. The number of hydrogen-bond donors (Lipinski definition) is 2. The number of pyridine rings is 1. The number of benzene rings is 1. The predicted octanol–water partition coefficient (Wildman–Crippen LogP) is 4.32. The van der Waals surface area contributed by atoms with Gasteiger partial charge in [-0.2, -0.15) is 4.39 Å². The minimum atomic E-state index is -0.505. The third kappa shape index (κ3) is 4.77. The lowest BCUT2D eigenvalue weighted by molar-refractivity contribution is -0.0396. The van der Waals surface area contributed by atoms with Gasteiger partial charge in [0.25, 0.3) is 0 Å². The van der Waals surface area contributed by atoms with E-state index in [1.807, 2.05) is 12.1 Å². The van der Waals surface area contributed by atoms with E-state index in [9.17, 15) is 4.39 Å². The van der Waals surface area contributed by atoms with Crippen molar-refractivity contribution in [2.75, 3.05) is 37.4 Å². The molecule has 0 unspecified atom stereocenters. The van der Waals surface area contributed by atoms with Crippen LogP contribution < -0.4 is 10.6 Å². The number of ether oxygens (including phenoxy) is 1. The summed E-state index contributed by atoms with van der Waals surface area (Å²) in [5, 5.41) is 7.50. The molecular weight excluding hydrogens is 419 g/mol. The molecule has 1 saturated heterocycles. The average molecular weight is 451 g/mol. The molecule has 1 saturated carbocycles. The van der Waals surface area contributed by atoms with Crippen molar-refractivity contribution in [2.24, 2.45) is 0 Å². The van der Waals surface area contributed by atoms with Crippen molar-refractivity contribution < 1.29 is 9.13 Å². The molecule has 2 N–H and O–H groups in total. The maximum Gasteiger partial charge on any atom is 0.236 e. The van der Waals surface area contributed by atoms with Gasteiger partial charge in [-0.15, -0.1) is 0 Å². The van der Waals surface area contributed by atoms with Gasteiger partial charge >= 0.3 is 0 Å². The molecule has 7 nitrogen and oxygen atoms in total. The molecule has 0 spiro atoms. The highest BCUT2D eigenvalue weighted by Gasteiger charge is 2.29. The Morgan fingerprint density at radius 3 is 2.70 bits per heavy atom. The van der Waals surface area contributed by atoms with Gasteiger partial charge in [0.2, 0.25) is 5.95 Å². The number of halogens is 1. The van der Waals surface area contributed by atoms with Crippen molar-refractivity contribution >= 4 is 22.4 Å². The zero-order valence-corrected chi connectivity index (χ0v) is 19.2. The summed E-state index contributed by atoms with van der Waals surface area (Å²) in [6.45, 7) is 5.08. The van der Waals surface area contributed by atoms with Crippen LogP contribution in [0.2, 0.25) is 0 Å². The first-order valence-corrected chi connectivity index (χ1v) is 11.8. The smallest absolute Gasteiger partial charge is 0.236 e. The Hall–Kier alpha value is -2.84. The predicted molar refractivity (Wildman–Crippen MR) is 129 cm³/mol. The van der Waals surface area contributed by atoms with Crippen LogP contribution >= 0.6 is 0 Å². The summed E-state index contributed by atoms with van der Waals surface area (Å²) >= 11 is 0. The van der Waals surface area contributed by atoms with Crippen LogP contribution in [0.1, 0.15) is 32.6 Å². The van der Waals surface area contributed by atoms with Crippen molar-refractivity contribution in [1.29, 1.82) is 0 Å². The number of hydrogen-bond acceptors (Lipinski definition) is 7. The van der Waals surface area contributed by atoms with E-state index < -0.39 is 5.95 Å². The minimum Gasteiger partial charge on any atom is -0.384 e. The molecule has 3 heterocycles. The van der Waals surface area contributed by atoms with Gasteiger partial charge in [0.1, 0.15) is 12.1 Å². The highest BCUT2D eigenvalue weighted by molar-refractivity contribution is 5.92. The lowest BCUT2D eigenvalue weighted by Gasteiger charge is -2.40. The van der Waals surface area contributed by atoms with Crippen LogP contribution in [0.25, 0.3) is 22.0 Å². The summed E-state index contributed by atoms with van der Waals surface area (Å²) in [5.41, 5.74) is 3.06. The monoisotopic (exact) mass is 450 g/mol. The second kappa shape index (κ2) is 9.57. The molecule has 2 aliphatic rings. The SMILES string of the molecule is CNc1cc(-c2ccc3ncnc(N[C@H]4CC[C@H](N5CCO[C@H](C)C5)CC4)c3c2)cnc1F. The Bertz CT molecular complexity index is 1120. The molecule has 1 aliphatic carbocycles. The first-order chi connectivity index (χ1) is 16.1. The van der Waals surface area contributed by atoms with Gasteiger partial charge in [0.15, 0.2) is 0 Å². The van der Waals surface area contributed by atoms with Crippen LogP contribution in [0.4, 0.5) is 15.9 Å². The van der Waals surface area contributed by atoms with Crippen LogP contribution in [-0.4, -0.2) is 64.8 Å². The van der Waals surface area contributed by atoms with Crippen molar-refractivity contribution in [1.82, 2.24) is 19.9 Å². The Kier molecular flexibility index (Phi) is 6.37. The molecular formula is C25H31FN6O. The molecule has 0 bridgehead atoms. The van der Waals surface area contributed by atoms with Gasteiger partial charge in [-0.05, 0) is 56.4 Å². The van der Waals surface area contributed by atoms with E-state index in [4.69, 9.17) is 4.74 Å². The summed E-state index contributed by atoms with van der Waals surface area (Å²) in [4.78, 5) is 15.5. The Morgan fingerprint density at radius 2 is 1.91 bits per heavy atom. The van der Waals surface area contributed by atoms with E-state index in [2.05, 4.69) is 43.5 Å². The zero-order chi connectivity index (χ0) is 22.8. The number of morpholine rings is 1. The molecule has 5 rings (SSSR count). The van der Waals surface area contributed by atoms with Gasteiger partial charge in [0, 0.05) is 49.4 Å². The second-order valence-corrected chi connectivity index (χ2v) is 9.09. The average Bonchev–Trinajstić information content (AvgIpc) is 2.85. The van der Waals surface area contributed by atoms with Gasteiger partial charge in [-0.3, -0.25) is 4.90 Å². The van der Waals surface area contributed by atoms with Gasteiger partial charge in [0.05, 0.1) is 23.9 Å². The zero-order valence-electron chi connectivity index (χ0n) is 19.2. The molecule has 3 aromatic rings. The van der Waals surface area contributed by atoms with Crippen LogP contribution in [0.15, 0.2) is 36.8 Å². The van der Waals surface area contributed by atoms with E-state index >= 15 is 0 Å². The third-order valence-electron chi connectivity index (χ3n) is 6.90. The standard InChI is InChI=1S/C25H31FN6O/c1-16-14-32(9-10-33-16)20-6-4-19(5-7-20)31-25-21-11-17(3-8-22(21)29-15-30-25)18-12-23(27-2)24(26)28-13-18/h3,8,11-13,15-16,19-20,27H,4-7,9-10,14H2,1-2H3,(H,29,30,31)/t16-,19-,20-/m1/s1. The topological polar surface area (TPSA) is 75.2 Å². The first kappa shape index (κ1) is 22.0. The fourth-order valence-electron chi connectivity index (χ4n) is 5.09. The van der Waals surface area contributed by atoms with Crippen LogP contribution in [0, 0.1) is 5.95 Å². The van der Waals surface area contributed by atoms with E-state index in [1.54, 1.807) is 25.6 Å². The molecule has 0 amide bonds. The second-order valence-electron chi connectivity index (χ2n) is 9.09.